The molecule has 0 fully saturated rings. The lowest BCUT2D eigenvalue weighted by atomic mass is 10.2. The van der Waals surface area contributed by atoms with Crippen LogP contribution >= 0.6 is 0 Å². The second kappa shape index (κ2) is 6.96. The van der Waals surface area contributed by atoms with Crippen LogP contribution in [-0.4, -0.2) is 25.5 Å². The third-order valence-corrected chi connectivity index (χ3v) is 2.30. The van der Waals surface area contributed by atoms with Crippen LogP contribution in [0.15, 0.2) is 18.2 Å². The zero-order valence-electron chi connectivity index (χ0n) is 11.0. The summed E-state index contributed by atoms with van der Waals surface area (Å²) >= 11 is 0. The maximum Gasteiger partial charge on any atom is 0.225 e. The standard InChI is InChI=1S/C13H20FN3O/c1-9(2)16-11-5-4-10(14)8-12(11)17-13(18)6-7-15-3/h4-5,8-9,15-16H,6-7H2,1-3H3,(H,17,18). The van der Waals surface area contributed by atoms with Gasteiger partial charge >= 0.3 is 0 Å². The summed E-state index contributed by atoms with van der Waals surface area (Å²) in [7, 11) is 1.78. The van der Waals surface area contributed by atoms with E-state index in [9.17, 15) is 9.18 Å². The molecule has 0 atom stereocenters. The molecule has 1 amide bonds. The fourth-order valence-corrected chi connectivity index (χ4v) is 1.51. The van der Waals surface area contributed by atoms with Crippen LogP contribution in [0.4, 0.5) is 15.8 Å². The van der Waals surface area contributed by atoms with Gasteiger partial charge in [-0.15, -0.1) is 0 Å². The van der Waals surface area contributed by atoms with Crippen LogP contribution in [0, 0.1) is 5.82 Å². The van der Waals surface area contributed by atoms with Crippen molar-refractivity contribution in [2.45, 2.75) is 26.3 Å². The van der Waals surface area contributed by atoms with E-state index >= 15 is 0 Å². The second-order valence-electron chi connectivity index (χ2n) is 4.39. The summed E-state index contributed by atoms with van der Waals surface area (Å²) in [5, 5.41) is 8.77. The van der Waals surface area contributed by atoms with Gasteiger partial charge in [0.2, 0.25) is 5.91 Å². The second-order valence-corrected chi connectivity index (χ2v) is 4.39. The van der Waals surface area contributed by atoms with E-state index in [4.69, 9.17) is 0 Å². The third-order valence-electron chi connectivity index (χ3n) is 2.30. The molecule has 0 heterocycles. The molecule has 0 aliphatic heterocycles. The van der Waals surface area contributed by atoms with Gasteiger partial charge in [-0.25, -0.2) is 4.39 Å². The Morgan fingerprint density at radius 3 is 2.67 bits per heavy atom. The third kappa shape index (κ3) is 4.71. The van der Waals surface area contributed by atoms with E-state index < -0.39 is 0 Å². The Morgan fingerprint density at radius 2 is 2.06 bits per heavy atom. The molecule has 0 aliphatic rings. The lowest BCUT2D eigenvalue weighted by Gasteiger charge is -2.15. The summed E-state index contributed by atoms with van der Waals surface area (Å²) < 4.78 is 13.2. The molecule has 0 unspecified atom stereocenters. The quantitative estimate of drug-likeness (QED) is 0.728. The number of halogens is 1. The molecule has 0 saturated carbocycles. The van der Waals surface area contributed by atoms with Gasteiger partial charge < -0.3 is 16.0 Å². The number of amides is 1. The van der Waals surface area contributed by atoms with E-state index in [1.165, 1.54) is 12.1 Å². The zero-order valence-corrected chi connectivity index (χ0v) is 11.0. The minimum atomic E-state index is -0.367. The highest BCUT2D eigenvalue weighted by Crippen LogP contribution is 2.23. The van der Waals surface area contributed by atoms with Crippen LogP contribution in [0.1, 0.15) is 20.3 Å². The fourth-order valence-electron chi connectivity index (χ4n) is 1.51. The molecule has 100 valence electrons. The molecule has 18 heavy (non-hydrogen) atoms. The fraction of sp³-hybridized carbons (Fsp3) is 0.462. The van der Waals surface area contributed by atoms with E-state index in [1.807, 2.05) is 13.8 Å². The number of nitrogens with one attached hydrogen (secondary N) is 3. The van der Waals surface area contributed by atoms with Gasteiger partial charge in [0.1, 0.15) is 5.82 Å². The number of hydrogen-bond acceptors (Lipinski definition) is 3. The van der Waals surface area contributed by atoms with E-state index in [1.54, 1.807) is 13.1 Å². The van der Waals surface area contributed by atoms with Crippen molar-refractivity contribution in [1.82, 2.24) is 5.32 Å². The molecular weight excluding hydrogens is 233 g/mol. The SMILES string of the molecule is CNCCC(=O)Nc1cc(F)ccc1NC(C)C. The van der Waals surface area contributed by atoms with Crippen LogP contribution in [0.2, 0.25) is 0 Å². The maximum atomic E-state index is 13.2. The first-order valence-electron chi connectivity index (χ1n) is 6.03. The van der Waals surface area contributed by atoms with Crippen molar-refractivity contribution >= 4 is 17.3 Å². The van der Waals surface area contributed by atoms with Crippen molar-refractivity contribution in [1.29, 1.82) is 0 Å². The van der Waals surface area contributed by atoms with E-state index in [-0.39, 0.29) is 17.8 Å². The monoisotopic (exact) mass is 253 g/mol. The van der Waals surface area contributed by atoms with Crippen LogP contribution in [0.25, 0.3) is 0 Å². The highest BCUT2D eigenvalue weighted by molar-refractivity contribution is 5.94. The Hall–Kier alpha value is -1.62. The molecule has 5 heteroatoms. The normalized spacial score (nSPS) is 10.5. The summed E-state index contributed by atoms with van der Waals surface area (Å²) in [6.45, 7) is 4.56. The number of rotatable bonds is 6. The van der Waals surface area contributed by atoms with Gasteiger partial charge in [-0.2, -0.15) is 0 Å². The molecule has 1 rings (SSSR count). The Kier molecular flexibility index (Phi) is 5.58. The average Bonchev–Trinajstić information content (AvgIpc) is 2.29. The Bertz CT molecular complexity index is 407. The molecule has 0 bridgehead atoms. The number of hydrogen-bond donors (Lipinski definition) is 3. The minimum Gasteiger partial charge on any atom is -0.381 e. The molecule has 0 aliphatic carbocycles. The van der Waals surface area contributed by atoms with Gasteiger partial charge in [0, 0.05) is 19.0 Å². The first kappa shape index (κ1) is 14.4. The Morgan fingerprint density at radius 1 is 1.33 bits per heavy atom. The number of benzene rings is 1. The number of anilines is 2. The van der Waals surface area contributed by atoms with Crippen molar-refractivity contribution in [3.8, 4) is 0 Å². The highest BCUT2D eigenvalue weighted by Gasteiger charge is 2.08. The predicted molar refractivity (Wildman–Crippen MR) is 72.3 cm³/mol. The van der Waals surface area contributed by atoms with Gasteiger partial charge in [-0.05, 0) is 39.1 Å². The summed E-state index contributed by atoms with van der Waals surface area (Å²) in [4.78, 5) is 11.6. The summed E-state index contributed by atoms with van der Waals surface area (Å²) in [6, 6.07) is 4.53. The molecule has 0 aromatic heterocycles. The van der Waals surface area contributed by atoms with E-state index in [0.29, 0.717) is 18.7 Å². The molecule has 3 N–H and O–H groups in total. The topological polar surface area (TPSA) is 53.2 Å². The van der Waals surface area contributed by atoms with Gasteiger partial charge in [-0.3, -0.25) is 4.79 Å². The predicted octanol–water partition coefficient (Wildman–Crippen LogP) is 2.19. The smallest absolute Gasteiger partial charge is 0.225 e. The van der Waals surface area contributed by atoms with Crippen molar-refractivity contribution in [2.75, 3.05) is 24.2 Å². The summed E-state index contributed by atoms with van der Waals surface area (Å²) in [5.41, 5.74) is 1.20. The van der Waals surface area contributed by atoms with Gasteiger partial charge in [0.05, 0.1) is 11.4 Å². The highest BCUT2D eigenvalue weighted by atomic mass is 19.1. The van der Waals surface area contributed by atoms with Crippen LogP contribution in [0.3, 0.4) is 0 Å². The van der Waals surface area contributed by atoms with Gasteiger partial charge in [0.25, 0.3) is 0 Å². The molecule has 1 aromatic rings. The average molecular weight is 253 g/mol. The molecular formula is C13H20FN3O. The zero-order chi connectivity index (χ0) is 13.5. The Labute approximate surface area is 107 Å². The summed E-state index contributed by atoms with van der Waals surface area (Å²) in [6.07, 6.45) is 0.355. The molecule has 1 aromatic carbocycles. The first-order valence-corrected chi connectivity index (χ1v) is 6.03. The number of carbonyl (C=O) groups is 1. The lowest BCUT2D eigenvalue weighted by Crippen LogP contribution is -2.20. The van der Waals surface area contributed by atoms with Crippen LogP contribution in [0.5, 0.6) is 0 Å². The largest absolute Gasteiger partial charge is 0.381 e. The van der Waals surface area contributed by atoms with Crippen molar-refractivity contribution < 1.29 is 9.18 Å². The maximum absolute atomic E-state index is 13.2. The van der Waals surface area contributed by atoms with Gasteiger partial charge in [0.15, 0.2) is 0 Å². The Balaban J connectivity index is 2.78. The minimum absolute atomic E-state index is 0.137. The molecule has 0 spiro atoms. The van der Waals surface area contributed by atoms with Crippen molar-refractivity contribution in [2.24, 2.45) is 0 Å². The van der Waals surface area contributed by atoms with Gasteiger partial charge in [-0.1, -0.05) is 0 Å². The van der Waals surface area contributed by atoms with Crippen molar-refractivity contribution in [3.63, 3.8) is 0 Å². The van der Waals surface area contributed by atoms with Crippen molar-refractivity contribution in [3.05, 3.63) is 24.0 Å². The first-order chi connectivity index (χ1) is 8.52. The molecule has 4 nitrogen and oxygen atoms in total. The summed E-state index contributed by atoms with van der Waals surface area (Å²) in [5.74, 6) is -0.505. The van der Waals surface area contributed by atoms with E-state index in [0.717, 1.165) is 5.69 Å². The number of carbonyl (C=O) groups excluding carboxylic acids is 1. The molecule has 0 radical (unpaired) electrons. The lowest BCUT2D eigenvalue weighted by molar-refractivity contribution is -0.116. The van der Waals surface area contributed by atoms with E-state index in [2.05, 4.69) is 16.0 Å². The molecule has 0 saturated heterocycles. The van der Waals surface area contributed by atoms with Crippen LogP contribution < -0.4 is 16.0 Å². The van der Waals surface area contributed by atoms with Crippen LogP contribution in [-0.2, 0) is 4.79 Å².